The lowest BCUT2D eigenvalue weighted by Gasteiger charge is -2.13. The molecule has 0 heterocycles. The maximum Gasteiger partial charge on any atom is 0.160 e. The van der Waals surface area contributed by atoms with Crippen LogP contribution in [0, 0.1) is 0 Å². The molecule has 0 amide bonds. The number of carbonyl (C=O) groups is 1. The fourth-order valence-electron chi connectivity index (χ4n) is 1.63. The van der Waals surface area contributed by atoms with Crippen molar-refractivity contribution in [3.63, 3.8) is 0 Å². The zero-order valence-electron chi connectivity index (χ0n) is 9.46. The Hall–Kier alpha value is -1.51. The van der Waals surface area contributed by atoms with E-state index in [0.717, 1.165) is 17.7 Å². The van der Waals surface area contributed by atoms with E-state index in [1.54, 1.807) is 19.1 Å². The number of hydrogen-bond donors (Lipinski definition) is 1. The van der Waals surface area contributed by atoms with Crippen molar-refractivity contribution in [3.8, 4) is 5.75 Å². The van der Waals surface area contributed by atoms with Crippen LogP contribution in [0.1, 0.15) is 36.7 Å². The van der Waals surface area contributed by atoms with Gasteiger partial charge in [-0.05, 0) is 26.3 Å². The van der Waals surface area contributed by atoms with Gasteiger partial charge in [-0.2, -0.15) is 0 Å². The summed E-state index contributed by atoms with van der Waals surface area (Å²) in [4.78, 5) is 11.4. The highest BCUT2D eigenvalue weighted by molar-refractivity contribution is 5.97. The molecule has 15 heavy (non-hydrogen) atoms. The van der Waals surface area contributed by atoms with Crippen molar-refractivity contribution in [2.24, 2.45) is 0 Å². The monoisotopic (exact) mass is 207 g/mol. The van der Waals surface area contributed by atoms with Crippen molar-refractivity contribution in [1.29, 1.82) is 0 Å². The molecule has 0 fully saturated rings. The molecule has 1 aromatic rings. The molecule has 0 aliphatic carbocycles. The maximum atomic E-state index is 11.4. The molecule has 0 aliphatic rings. The standard InChI is InChI=1S/C12H17NO2/c1-4-10-11(8(3)14)6-9(13)7-12(10)15-5-2/h6-7H,4-5,13H2,1-3H3. The van der Waals surface area contributed by atoms with Crippen molar-refractivity contribution in [3.05, 3.63) is 23.3 Å². The molecule has 0 saturated heterocycles. The van der Waals surface area contributed by atoms with Crippen LogP contribution in [0.5, 0.6) is 5.75 Å². The minimum absolute atomic E-state index is 0.0279. The molecule has 0 saturated carbocycles. The first-order chi connectivity index (χ1) is 7.10. The number of rotatable bonds is 4. The third-order valence-corrected chi connectivity index (χ3v) is 2.26. The predicted molar refractivity (Wildman–Crippen MR) is 61.4 cm³/mol. The Balaban J connectivity index is 3.31. The summed E-state index contributed by atoms with van der Waals surface area (Å²) in [6, 6.07) is 3.48. The average molecular weight is 207 g/mol. The second kappa shape index (κ2) is 4.82. The number of benzene rings is 1. The fraction of sp³-hybridized carbons (Fsp3) is 0.417. The topological polar surface area (TPSA) is 52.3 Å². The van der Waals surface area contributed by atoms with Crippen molar-refractivity contribution in [2.45, 2.75) is 27.2 Å². The molecule has 0 unspecified atom stereocenters. The summed E-state index contributed by atoms with van der Waals surface area (Å²) in [5.41, 5.74) is 7.90. The molecule has 0 aliphatic heterocycles. The van der Waals surface area contributed by atoms with E-state index in [1.165, 1.54) is 0 Å². The third kappa shape index (κ3) is 2.49. The number of nitrogens with two attached hydrogens (primary N) is 1. The SMILES string of the molecule is CCOc1cc(N)cc(C(C)=O)c1CC. The Morgan fingerprint density at radius 3 is 2.53 bits per heavy atom. The number of hydrogen-bond acceptors (Lipinski definition) is 3. The molecular weight excluding hydrogens is 190 g/mol. The van der Waals surface area contributed by atoms with Crippen molar-refractivity contribution in [2.75, 3.05) is 12.3 Å². The zero-order chi connectivity index (χ0) is 11.4. The van der Waals surface area contributed by atoms with Crippen molar-refractivity contribution in [1.82, 2.24) is 0 Å². The van der Waals surface area contributed by atoms with Gasteiger partial charge in [-0.15, -0.1) is 0 Å². The third-order valence-electron chi connectivity index (χ3n) is 2.26. The zero-order valence-corrected chi connectivity index (χ0v) is 9.46. The highest BCUT2D eigenvalue weighted by atomic mass is 16.5. The maximum absolute atomic E-state index is 11.4. The van der Waals surface area contributed by atoms with E-state index in [9.17, 15) is 4.79 Å². The second-order valence-corrected chi connectivity index (χ2v) is 3.39. The summed E-state index contributed by atoms with van der Waals surface area (Å²) >= 11 is 0. The van der Waals surface area contributed by atoms with Crippen LogP contribution in [0.4, 0.5) is 5.69 Å². The number of carbonyl (C=O) groups excluding carboxylic acids is 1. The first-order valence-corrected chi connectivity index (χ1v) is 5.16. The first-order valence-electron chi connectivity index (χ1n) is 5.16. The minimum atomic E-state index is 0.0279. The Morgan fingerprint density at radius 2 is 2.07 bits per heavy atom. The van der Waals surface area contributed by atoms with Crippen LogP contribution in [0.15, 0.2) is 12.1 Å². The molecule has 1 rings (SSSR count). The van der Waals surface area contributed by atoms with E-state index in [0.29, 0.717) is 17.9 Å². The normalized spacial score (nSPS) is 10.1. The summed E-state index contributed by atoms with van der Waals surface area (Å²) < 4.78 is 5.47. The van der Waals surface area contributed by atoms with E-state index in [-0.39, 0.29) is 5.78 Å². The summed E-state index contributed by atoms with van der Waals surface area (Å²) in [6.07, 6.45) is 0.768. The van der Waals surface area contributed by atoms with Crippen LogP contribution in [0.3, 0.4) is 0 Å². The number of ketones is 1. The van der Waals surface area contributed by atoms with E-state index >= 15 is 0 Å². The quantitative estimate of drug-likeness (QED) is 0.609. The van der Waals surface area contributed by atoms with Gasteiger partial charge in [0, 0.05) is 22.9 Å². The molecule has 0 radical (unpaired) electrons. The van der Waals surface area contributed by atoms with Gasteiger partial charge >= 0.3 is 0 Å². The average Bonchev–Trinajstić information content (AvgIpc) is 2.17. The number of nitrogen functional groups attached to an aromatic ring is 1. The Bertz CT molecular complexity index is 372. The van der Waals surface area contributed by atoms with Gasteiger partial charge in [-0.1, -0.05) is 6.92 Å². The van der Waals surface area contributed by atoms with Crippen molar-refractivity contribution < 1.29 is 9.53 Å². The number of ether oxygens (including phenoxy) is 1. The van der Waals surface area contributed by atoms with Gasteiger partial charge < -0.3 is 10.5 Å². The highest BCUT2D eigenvalue weighted by Gasteiger charge is 2.12. The van der Waals surface area contributed by atoms with E-state index < -0.39 is 0 Å². The number of anilines is 1. The smallest absolute Gasteiger partial charge is 0.160 e. The second-order valence-electron chi connectivity index (χ2n) is 3.39. The van der Waals surface area contributed by atoms with Crippen LogP contribution in [-0.2, 0) is 6.42 Å². The molecule has 3 heteroatoms. The van der Waals surface area contributed by atoms with E-state index in [2.05, 4.69) is 0 Å². The summed E-state index contributed by atoms with van der Waals surface area (Å²) in [6.45, 7) is 6.04. The molecular formula is C12H17NO2. The summed E-state index contributed by atoms with van der Waals surface area (Å²) in [7, 11) is 0. The van der Waals surface area contributed by atoms with Crippen LogP contribution in [-0.4, -0.2) is 12.4 Å². The largest absolute Gasteiger partial charge is 0.493 e. The van der Waals surface area contributed by atoms with Crippen LogP contribution in [0.25, 0.3) is 0 Å². The van der Waals surface area contributed by atoms with Gasteiger partial charge in [-0.25, -0.2) is 0 Å². The molecule has 0 atom stereocenters. The lowest BCUT2D eigenvalue weighted by atomic mass is 10.0. The Labute approximate surface area is 90.2 Å². The van der Waals surface area contributed by atoms with Crippen LogP contribution >= 0.6 is 0 Å². The molecule has 2 N–H and O–H groups in total. The Morgan fingerprint density at radius 1 is 1.40 bits per heavy atom. The summed E-state index contributed by atoms with van der Waals surface area (Å²) in [5.74, 6) is 0.755. The lowest BCUT2D eigenvalue weighted by molar-refractivity contribution is 0.101. The predicted octanol–water partition coefficient (Wildman–Crippen LogP) is 2.43. The molecule has 0 spiro atoms. The number of Topliss-reactive ketones (excluding diaryl/α,β-unsaturated/α-hetero) is 1. The van der Waals surface area contributed by atoms with Gasteiger partial charge in [0.1, 0.15) is 5.75 Å². The molecule has 82 valence electrons. The van der Waals surface area contributed by atoms with E-state index in [1.807, 2.05) is 13.8 Å². The van der Waals surface area contributed by atoms with Gasteiger partial charge in [-0.3, -0.25) is 4.79 Å². The van der Waals surface area contributed by atoms with E-state index in [4.69, 9.17) is 10.5 Å². The van der Waals surface area contributed by atoms with Crippen LogP contribution in [0.2, 0.25) is 0 Å². The lowest BCUT2D eigenvalue weighted by Crippen LogP contribution is -2.05. The van der Waals surface area contributed by atoms with Gasteiger partial charge in [0.25, 0.3) is 0 Å². The fourth-order valence-corrected chi connectivity index (χ4v) is 1.63. The Kier molecular flexibility index (Phi) is 3.72. The van der Waals surface area contributed by atoms with Gasteiger partial charge in [0.05, 0.1) is 6.61 Å². The molecule has 1 aromatic carbocycles. The van der Waals surface area contributed by atoms with Crippen LogP contribution < -0.4 is 10.5 Å². The summed E-state index contributed by atoms with van der Waals surface area (Å²) in [5, 5.41) is 0. The highest BCUT2D eigenvalue weighted by Crippen LogP contribution is 2.27. The minimum Gasteiger partial charge on any atom is -0.493 e. The molecule has 3 nitrogen and oxygen atoms in total. The van der Waals surface area contributed by atoms with Gasteiger partial charge in [0.2, 0.25) is 0 Å². The first kappa shape index (κ1) is 11.6. The molecule has 0 aromatic heterocycles. The van der Waals surface area contributed by atoms with Gasteiger partial charge in [0.15, 0.2) is 5.78 Å². The van der Waals surface area contributed by atoms with Crippen molar-refractivity contribution >= 4 is 11.5 Å². The molecule has 0 bridgehead atoms.